The number of likely N-dealkylation sites (N-methyl/N-ethyl adjacent to an activating group) is 1. The second kappa shape index (κ2) is 7.11. The van der Waals surface area contributed by atoms with E-state index in [9.17, 15) is 10.1 Å². The van der Waals surface area contributed by atoms with Gasteiger partial charge in [-0.15, -0.1) is 0 Å². The molecule has 25 heavy (non-hydrogen) atoms. The molecule has 0 spiro atoms. The van der Waals surface area contributed by atoms with Crippen LogP contribution < -0.4 is 9.47 Å². The first-order valence-electron chi connectivity index (χ1n) is 8.22. The zero-order valence-electron chi connectivity index (χ0n) is 14.7. The Morgan fingerprint density at radius 3 is 2.40 bits per heavy atom. The number of methoxy groups -OCH3 is 2. The van der Waals surface area contributed by atoms with Gasteiger partial charge in [-0.3, -0.25) is 15.0 Å². The molecule has 2 aromatic carbocycles. The number of hydrogen-bond donors (Lipinski definition) is 0. The first-order valence-corrected chi connectivity index (χ1v) is 8.22. The highest BCUT2D eigenvalue weighted by Gasteiger charge is 2.27. The second-order valence-electron chi connectivity index (χ2n) is 6.28. The largest absolute Gasteiger partial charge is 0.493 e. The maximum absolute atomic E-state index is 10.8. The van der Waals surface area contributed by atoms with Crippen molar-refractivity contribution in [2.75, 3.05) is 27.8 Å². The molecule has 1 unspecified atom stereocenters. The molecule has 0 N–H and O–H groups in total. The minimum absolute atomic E-state index is 0.118. The molecule has 0 aliphatic carbocycles. The van der Waals surface area contributed by atoms with Crippen molar-refractivity contribution >= 4 is 5.69 Å². The number of benzene rings is 2. The Labute approximate surface area is 147 Å². The van der Waals surface area contributed by atoms with Crippen molar-refractivity contribution in [3.05, 3.63) is 63.2 Å². The lowest BCUT2D eigenvalue weighted by molar-refractivity contribution is -0.384. The Morgan fingerprint density at radius 1 is 1.16 bits per heavy atom. The lowest BCUT2D eigenvalue weighted by atomic mass is 9.88. The van der Waals surface area contributed by atoms with Crippen molar-refractivity contribution in [2.24, 2.45) is 0 Å². The third kappa shape index (κ3) is 3.44. The number of rotatable bonds is 5. The molecular weight excluding hydrogens is 320 g/mol. The van der Waals surface area contributed by atoms with E-state index in [1.165, 1.54) is 11.1 Å². The quantitative estimate of drug-likeness (QED) is 0.616. The summed E-state index contributed by atoms with van der Waals surface area (Å²) in [4.78, 5) is 12.8. The van der Waals surface area contributed by atoms with E-state index >= 15 is 0 Å². The molecule has 0 bridgehead atoms. The summed E-state index contributed by atoms with van der Waals surface area (Å²) in [5, 5.41) is 10.8. The van der Waals surface area contributed by atoms with Gasteiger partial charge in [0, 0.05) is 24.7 Å². The third-order valence-electron chi connectivity index (χ3n) is 4.85. The molecule has 2 aromatic rings. The van der Waals surface area contributed by atoms with Crippen molar-refractivity contribution in [3.8, 4) is 11.5 Å². The maximum Gasteiger partial charge on any atom is 0.269 e. The van der Waals surface area contributed by atoms with E-state index in [2.05, 4.69) is 24.1 Å². The highest BCUT2D eigenvalue weighted by atomic mass is 16.6. The highest BCUT2D eigenvalue weighted by Crippen LogP contribution is 2.38. The summed E-state index contributed by atoms with van der Waals surface area (Å²) >= 11 is 0. The van der Waals surface area contributed by atoms with E-state index in [1.54, 1.807) is 26.4 Å². The van der Waals surface area contributed by atoms with Crippen LogP contribution in [0.25, 0.3) is 0 Å². The van der Waals surface area contributed by atoms with Gasteiger partial charge in [0.25, 0.3) is 5.69 Å². The van der Waals surface area contributed by atoms with Crippen LogP contribution in [0, 0.1) is 10.1 Å². The Morgan fingerprint density at radius 2 is 1.80 bits per heavy atom. The lowest BCUT2D eigenvalue weighted by Crippen LogP contribution is -2.33. The van der Waals surface area contributed by atoms with Gasteiger partial charge in [-0.2, -0.15) is 0 Å². The Bertz CT molecular complexity index is 774. The lowest BCUT2D eigenvalue weighted by Gasteiger charge is -2.35. The number of non-ortho nitro benzene ring substituents is 1. The molecule has 1 atom stereocenters. The van der Waals surface area contributed by atoms with Crippen molar-refractivity contribution in [1.82, 2.24) is 4.90 Å². The maximum atomic E-state index is 10.8. The minimum atomic E-state index is -0.372. The first-order chi connectivity index (χ1) is 12.0. The smallest absolute Gasteiger partial charge is 0.269 e. The number of nitro groups is 1. The standard InChI is InChI=1S/C19H22N2O4/c1-20-9-8-14-11-18(24-2)19(25-3)12-16(14)17(20)10-13-4-6-15(7-5-13)21(22)23/h4-7,11-12,17H,8-10H2,1-3H3. The van der Waals surface area contributed by atoms with E-state index in [4.69, 9.17) is 9.47 Å². The van der Waals surface area contributed by atoms with Crippen LogP contribution in [0.5, 0.6) is 11.5 Å². The summed E-state index contributed by atoms with van der Waals surface area (Å²) in [6.45, 7) is 0.958. The molecule has 0 saturated heterocycles. The zero-order valence-corrected chi connectivity index (χ0v) is 14.7. The molecule has 0 radical (unpaired) electrons. The van der Waals surface area contributed by atoms with Gasteiger partial charge in [-0.25, -0.2) is 0 Å². The van der Waals surface area contributed by atoms with Crippen LogP contribution in [-0.2, 0) is 12.8 Å². The molecule has 1 heterocycles. The first kappa shape index (κ1) is 17.2. The van der Waals surface area contributed by atoms with Crippen LogP contribution >= 0.6 is 0 Å². The summed E-state index contributed by atoms with van der Waals surface area (Å²) in [6, 6.07) is 11.1. The highest BCUT2D eigenvalue weighted by molar-refractivity contribution is 5.50. The van der Waals surface area contributed by atoms with E-state index in [1.807, 2.05) is 12.1 Å². The fourth-order valence-electron chi connectivity index (χ4n) is 3.40. The van der Waals surface area contributed by atoms with Crippen molar-refractivity contribution in [3.63, 3.8) is 0 Å². The van der Waals surface area contributed by atoms with Gasteiger partial charge >= 0.3 is 0 Å². The van der Waals surface area contributed by atoms with Crippen LogP contribution in [0.3, 0.4) is 0 Å². The molecule has 0 fully saturated rings. The molecule has 0 saturated carbocycles. The number of hydrogen-bond acceptors (Lipinski definition) is 5. The van der Waals surface area contributed by atoms with Crippen LogP contribution in [0.1, 0.15) is 22.7 Å². The van der Waals surface area contributed by atoms with Gasteiger partial charge in [0.1, 0.15) is 0 Å². The number of nitrogens with zero attached hydrogens (tertiary/aromatic N) is 2. The minimum Gasteiger partial charge on any atom is -0.493 e. The number of nitro benzene ring substituents is 1. The van der Waals surface area contributed by atoms with Gasteiger partial charge in [0.2, 0.25) is 0 Å². The molecule has 1 aliphatic heterocycles. The molecule has 6 heteroatoms. The topological polar surface area (TPSA) is 64.8 Å². The Kier molecular flexibility index (Phi) is 4.90. The van der Waals surface area contributed by atoms with Gasteiger partial charge in [-0.1, -0.05) is 12.1 Å². The average Bonchev–Trinajstić information content (AvgIpc) is 2.63. The normalized spacial score (nSPS) is 17.0. The van der Waals surface area contributed by atoms with Gasteiger partial charge in [0.05, 0.1) is 19.1 Å². The molecule has 132 valence electrons. The van der Waals surface area contributed by atoms with Gasteiger partial charge in [-0.05, 0) is 48.7 Å². The fraction of sp³-hybridized carbons (Fsp3) is 0.368. The molecular formula is C19H22N2O4. The van der Waals surface area contributed by atoms with Gasteiger partial charge < -0.3 is 9.47 Å². The van der Waals surface area contributed by atoms with E-state index in [-0.39, 0.29) is 16.7 Å². The zero-order chi connectivity index (χ0) is 18.0. The molecule has 1 aliphatic rings. The molecule has 0 amide bonds. The van der Waals surface area contributed by atoms with E-state index in [0.717, 1.165) is 36.4 Å². The Hall–Kier alpha value is -2.60. The molecule has 6 nitrogen and oxygen atoms in total. The van der Waals surface area contributed by atoms with Crippen molar-refractivity contribution in [2.45, 2.75) is 18.9 Å². The number of fused-ring (bicyclic) bond motifs is 1. The van der Waals surface area contributed by atoms with Crippen molar-refractivity contribution in [1.29, 1.82) is 0 Å². The Balaban J connectivity index is 1.93. The third-order valence-corrected chi connectivity index (χ3v) is 4.85. The van der Waals surface area contributed by atoms with Crippen LogP contribution in [0.2, 0.25) is 0 Å². The predicted octanol–water partition coefficient (Wildman–Crippen LogP) is 3.38. The van der Waals surface area contributed by atoms with Crippen LogP contribution in [0.4, 0.5) is 5.69 Å². The SMILES string of the molecule is COc1cc2c(cc1OC)C(Cc1ccc([N+](=O)[O-])cc1)N(C)CC2. The fourth-order valence-corrected chi connectivity index (χ4v) is 3.40. The molecule has 3 rings (SSSR count). The van der Waals surface area contributed by atoms with Crippen LogP contribution in [0.15, 0.2) is 36.4 Å². The summed E-state index contributed by atoms with van der Waals surface area (Å²) < 4.78 is 10.9. The van der Waals surface area contributed by atoms with Gasteiger partial charge in [0.15, 0.2) is 11.5 Å². The van der Waals surface area contributed by atoms with Crippen molar-refractivity contribution < 1.29 is 14.4 Å². The predicted molar refractivity (Wildman–Crippen MR) is 95.4 cm³/mol. The van der Waals surface area contributed by atoms with E-state index < -0.39 is 0 Å². The molecule has 0 aromatic heterocycles. The average molecular weight is 342 g/mol. The second-order valence-corrected chi connectivity index (χ2v) is 6.28. The van der Waals surface area contributed by atoms with Crippen LogP contribution in [-0.4, -0.2) is 37.6 Å². The monoisotopic (exact) mass is 342 g/mol. The summed E-state index contributed by atoms with van der Waals surface area (Å²) in [5.41, 5.74) is 3.69. The summed E-state index contributed by atoms with van der Waals surface area (Å²) in [5.74, 6) is 1.48. The summed E-state index contributed by atoms with van der Waals surface area (Å²) in [7, 11) is 5.39. The summed E-state index contributed by atoms with van der Waals surface area (Å²) in [6.07, 6.45) is 1.75. The van der Waals surface area contributed by atoms with E-state index in [0.29, 0.717) is 0 Å². The number of ether oxygens (including phenoxy) is 2.